The molecule has 0 aliphatic heterocycles. The van der Waals surface area contributed by atoms with Crippen LogP contribution in [-0.2, 0) is 18.9 Å². The fourth-order valence-electron chi connectivity index (χ4n) is 1.42. The number of hydrogen-bond acceptors (Lipinski definition) is 5. The Morgan fingerprint density at radius 3 is 2.35 bits per heavy atom. The van der Waals surface area contributed by atoms with Crippen molar-refractivity contribution < 1.29 is 28.1 Å². The van der Waals surface area contributed by atoms with Crippen LogP contribution < -0.4 is 5.32 Å². The van der Waals surface area contributed by atoms with Gasteiger partial charge in [0.1, 0.15) is 11.8 Å². The van der Waals surface area contributed by atoms with Gasteiger partial charge in [0.25, 0.3) is 0 Å². The van der Waals surface area contributed by atoms with Gasteiger partial charge in [0, 0.05) is 0 Å². The highest BCUT2D eigenvalue weighted by Crippen LogP contribution is 2.06. The molecule has 0 aliphatic rings. The molecule has 0 saturated carbocycles. The minimum Gasteiger partial charge on any atom is -0.444 e. The number of hydrogen-bond donors (Lipinski definition) is 1. The molecule has 0 aromatic carbocycles. The van der Waals surface area contributed by atoms with Crippen molar-refractivity contribution in [3.8, 4) is 0 Å². The largest absolute Gasteiger partial charge is 0.444 e. The number of ether oxygens (including phenoxy) is 4. The van der Waals surface area contributed by atoms with Crippen molar-refractivity contribution in [2.24, 2.45) is 0 Å². The molecule has 138 valence electrons. The van der Waals surface area contributed by atoms with Gasteiger partial charge in [-0.05, 0) is 34.1 Å². The molecule has 0 fully saturated rings. The summed E-state index contributed by atoms with van der Waals surface area (Å²) in [5.41, 5.74) is -0.595. The third kappa shape index (κ3) is 15.7. The Bertz CT molecular complexity index is 309. The van der Waals surface area contributed by atoms with Crippen LogP contribution in [0.15, 0.2) is 0 Å². The number of nitrogens with one attached hydrogen (secondary N) is 1. The van der Waals surface area contributed by atoms with Gasteiger partial charge in [-0.2, -0.15) is 0 Å². The quantitative estimate of drug-likeness (QED) is 0.555. The van der Waals surface area contributed by atoms with E-state index in [4.69, 9.17) is 18.9 Å². The lowest BCUT2D eigenvalue weighted by Crippen LogP contribution is -2.37. The second-order valence-corrected chi connectivity index (χ2v) is 6.26. The maximum atomic E-state index is 13.5. The first-order valence-corrected chi connectivity index (χ1v) is 8.12. The first kappa shape index (κ1) is 22.1. The molecule has 23 heavy (non-hydrogen) atoms. The number of rotatable bonds is 12. The Labute approximate surface area is 139 Å². The summed E-state index contributed by atoms with van der Waals surface area (Å²) in [6.07, 6.45) is -0.709. The number of halogens is 1. The molecule has 2 unspecified atom stereocenters. The van der Waals surface area contributed by atoms with Crippen LogP contribution in [0.5, 0.6) is 0 Å². The van der Waals surface area contributed by atoms with Gasteiger partial charge in [0.15, 0.2) is 0 Å². The van der Waals surface area contributed by atoms with Gasteiger partial charge in [-0.3, -0.25) is 0 Å². The highest BCUT2D eigenvalue weighted by Gasteiger charge is 2.17. The zero-order valence-corrected chi connectivity index (χ0v) is 15.0. The molecule has 1 amide bonds. The first-order valence-electron chi connectivity index (χ1n) is 8.12. The molecular weight excluding hydrogens is 305 g/mol. The van der Waals surface area contributed by atoms with Crippen molar-refractivity contribution in [1.82, 2.24) is 5.32 Å². The highest BCUT2D eigenvalue weighted by atomic mass is 19.1. The predicted molar refractivity (Wildman–Crippen MR) is 86.5 cm³/mol. The lowest BCUT2D eigenvalue weighted by atomic mass is 10.2. The predicted octanol–water partition coefficient (Wildman–Crippen LogP) is 2.70. The lowest BCUT2D eigenvalue weighted by molar-refractivity contribution is -0.0130. The summed E-state index contributed by atoms with van der Waals surface area (Å²) >= 11 is 0. The van der Waals surface area contributed by atoms with Crippen molar-refractivity contribution in [2.75, 3.05) is 39.6 Å². The van der Waals surface area contributed by atoms with Gasteiger partial charge in [0.2, 0.25) is 0 Å². The van der Waals surface area contributed by atoms with Gasteiger partial charge in [0.05, 0.1) is 45.7 Å². The Morgan fingerprint density at radius 2 is 1.74 bits per heavy atom. The number of amides is 1. The van der Waals surface area contributed by atoms with E-state index in [1.807, 2.05) is 6.92 Å². The van der Waals surface area contributed by atoms with Crippen LogP contribution >= 0.6 is 0 Å². The van der Waals surface area contributed by atoms with Crippen molar-refractivity contribution in [1.29, 1.82) is 0 Å². The summed E-state index contributed by atoms with van der Waals surface area (Å²) in [6.45, 7) is 10.8. The summed E-state index contributed by atoms with van der Waals surface area (Å²) in [4.78, 5) is 11.3. The summed E-state index contributed by atoms with van der Waals surface area (Å²) in [5, 5.41) is 2.36. The van der Waals surface area contributed by atoms with Crippen LogP contribution in [0.1, 0.15) is 41.0 Å². The number of alkyl carbamates (subject to hydrolysis) is 1. The van der Waals surface area contributed by atoms with Crippen LogP contribution in [0.3, 0.4) is 0 Å². The normalized spacial score (nSPS) is 14.3. The average Bonchev–Trinajstić information content (AvgIpc) is 2.45. The molecule has 0 aromatic rings. The number of carbonyl (C=O) groups is 1. The van der Waals surface area contributed by atoms with Crippen LogP contribution in [-0.4, -0.2) is 63.5 Å². The van der Waals surface area contributed by atoms with E-state index < -0.39 is 17.9 Å². The van der Waals surface area contributed by atoms with Crippen molar-refractivity contribution >= 4 is 6.09 Å². The highest BCUT2D eigenvalue weighted by molar-refractivity contribution is 5.67. The Morgan fingerprint density at radius 1 is 1.13 bits per heavy atom. The van der Waals surface area contributed by atoms with Gasteiger partial charge in [-0.25, -0.2) is 9.18 Å². The molecule has 0 aromatic heterocycles. The number of carbonyl (C=O) groups excluding carboxylic acids is 1. The maximum absolute atomic E-state index is 13.5. The van der Waals surface area contributed by atoms with Crippen molar-refractivity contribution in [3.63, 3.8) is 0 Å². The van der Waals surface area contributed by atoms with E-state index in [0.717, 1.165) is 6.42 Å². The van der Waals surface area contributed by atoms with Gasteiger partial charge < -0.3 is 24.3 Å². The topological polar surface area (TPSA) is 66.0 Å². The molecule has 1 N–H and O–H groups in total. The minimum absolute atomic E-state index is 0.0947. The second kappa shape index (κ2) is 12.5. The minimum atomic E-state index is -1.28. The summed E-state index contributed by atoms with van der Waals surface area (Å²) in [7, 11) is 0. The molecule has 6 nitrogen and oxygen atoms in total. The van der Waals surface area contributed by atoms with Crippen LogP contribution in [0, 0.1) is 0 Å². The molecule has 0 heterocycles. The molecule has 7 heteroatoms. The SMILES string of the molecule is CCC(C)OCCOCCOCC(F)CNC(=O)OC(C)(C)C. The smallest absolute Gasteiger partial charge is 0.407 e. The summed E-state index contributed by atoms with van der Waals surface area (Å²) in [5.74, 6) is 0. The molecule has 0 saturated heterocycles. The molecule has 0 rings (SSSR count). The average molecular weight is 337 g/mol. The molecule has 2 atom stereocenters. The van der Waals surface area contributed by atoms with E-state index in [0.29, 0.717) is 26.4 Å². The Balaban J connectivity index is 3.43. The zero-order chi connectivity index (χ0) is 17.7. The van der Waals surface area contributed by atoms with Crippen molar-refractivity contribution in [2.45, 2.75) is 58.9 Å². The third-order valence-electron chi connectivity index (χ3n) is 2.74. The van der Waals surface area contributed by atoms with Crippen LogP contribution in [0.2, 0.25) is 0 Å². The lowest BCUT2D eigenvalue weighted by Gasteiger charge is -2.20. The van der Waals surface area contributed by atoms with E-state index in [1.54, 1.807) is 20.8 Å². The van der Waals surface area contributed by atoms with Crippen molar-refractivity contribution in [3.05, 3.63) is 0 Å². The van der Waals surface area contributed by atoms with E-state index in [9.17, 15) is 9.18 Å². The fourth-order valence-corrected chi connectivity index (χ4v) is 1.42. The van der Waals surface area contributed by atoms with E-state index in [1.165, 1.54) is 0 Å². The molecule has 0 radical (unpaired) electrons. The van der Waals surface area contributed by atoms with Gasteiger partial charge >= 0.3 is 6.09 Å². The first-order chi connectivity index (χ1) is 10.7. The second-order valence-electron chi connectivity index (χ2n) is 6.26. The van der Waals surface area contributed by atoms with Crippen LogP contribution in [0.25, 0.3) is 0 Å². The maximum Gasteiger partial charge on any atom is 0.407 e. The number of alkyl halides is 1. The Hall–Kier alpha value is -0.920. The summed E-state index contributed by atoms with van der Waals surface area (Å²) in [6, 6.07) is 0. The van der Waals surface area contributed by atoms with E-state index >= 15 is 0 Å². The molecule has 0 spiro atoms. The zero-order valence-electron chi connectivity index (χ0n) is 15.0. The fraction of sp³-hybridized carbons (Fsp3) is 0.938. The molecule has 0 bridgehead atoms. The standard InChI is InChI=1S/C16H32FNO5/c1-6-13(2)22-10-9-20-7-8-21-12-14(17)11-18-15(19)23-16(3,4)5/h13-14H,6-12H2,1-5H3,(H,18,19). The molecular formula is C16H32FNO5. The monoisotopic (exact) mass is 337 g/mol. The summed E-state index contributed by atoms with van der Waals surface area (Å²) < 4.78 is 34.4. The van der Waals surface area contributed by atoms with Gasteiger partial charge in [-0.1, -0.05) is 6.92 Å². The molecule has 0 aliphatic carbocycles. The van der Waals surface area contributed by atoms with E-state index in [-0.39, 0.29) is 19.3 Å². The van der Waals surface area contributed by atoms with Gasteiger partial charge in [-0.15, -0.1) is 0 Å². The van der Waals surface area contributed by atoms with Crippen LogP contribution in [0.4, 0.5) is 9.18 Å². The third-order valence-corrected chi connectivity index (χ3v) is 2.74. The van der Waals surface area contributed by atoms with E-state index in [2.05, 4.69) is 12.2 Å². The Kier molecular flexibility index (Phi) is 12.0.